The maximum atomic E-state index is 16.2. The Labute approximate surface area is 308 Å². The van der Waals surface area contributed by atoms with E-state index < -0.39 is 12.0 Å². The first-order valence-corrected chi connectivity index (χ1v) is 18.4. The number of benzene rings is 1. The van der Waals surface area contributed by atoms with Gasteiger partial charge in [-0.3, -0.25) is 14.7 Å². The average molecular weight is 731 g/mol. The number of anilines is 1. The third kappa shape index (κ3) is 7.32. The van der Waals surface area contributed by atoms with Gasteiger partial charge in [-0.05, 0) is 95.5 Å². The average Bonchev–Trinajstić information content (AvgIpc) is 3.59. The zero-order chi connectivity index (χ0) is 36.7. The number of hydrogen-bond donors (Lipinski definition) is 0. The first kappa shape index (κ1) is 36.1. The molecular weight excluding hydrogens is 686 g/mol. The molecule has 3 unspecified atom stereocenters. The fourth-order valence-corrected chi connectivity index (χ4v) is 8.36. The van der Waals surface area contributed by atoms with Crippen molar-refractivity contribution in [2.45, 2.75) is 83.0 Å². The third-order valence-electron chi connectivity index (χ3n) is 10.8. The molecule has 6 heterocycles. The lowest BCUT2D eigenvalue weighted by Crippen LogP contribution is -2.36. The van der Waals surface area contributed by atoms with Gasteiger partial charge in [-0.15, -0.1) is 0 Å². The topological polar surface area (TPSA) is 100 Å². The maximum Gasteiger partial charge on any atom is 0.318 e. The van der Waals surface area contributed by atoms with E-state index >= 15 is 4.39 Å². The van der Waals surface area contributed by atoms with Crippen LogP contribution in [0.5, 0.6) is 6.01 Å². The molecule has 0 N–H and O–H groups in total. The predicted octanol–water partition coefficient (Wildman–Crippen LogP) is 7.11. The number of likely N-dealkylation sites (N-methyl/N-ethyl adjacent to an activating group) is 1. The summed E-state index contributed by atoms with van der Waals surface area (Å²) in [6.07, 6.45) is 10.3. The molecular formula is C39H45ClF2N8O2. The van der Waals surface area contributed by atoms with Crippen LogP contribution >= 0.6 is 11.6 Å². The Bertz CT molecular complexity index is 2010. The Balaban J connectivity index is 0.000000360. The summed E-state index contributed by atoms with van der Waals surface area (Å²) in [5.74, 6) is 0.812. The van der Waals surface area contributed by atoms with Crippen molar-refractivity contribution in [2.24, 2.45) is 0 Å². The number of alkyl halides is 1. The van der Waals surface area contributed by atoms with Gasteiger partial charge in [0.2, 0.25) is 5.91 Å². The van der Waals surface area contributed by atoms with E-state index in [2.05, 4.69) is 36.7 Å². The summed E-state index contributed by atoms with van der Waals surface area (Å²) in [7, 11) is 3.34. The molecule has 1 aliphatic carbocycles. The number of aromatic nitrogens is 5. The number of nitrogens with zero attached hydrogens (tertiary/aromatic N) is 8. The SMILES string of the molecule is CC12CCCN1CC(F)C2.COc1nc(N(C)C2CCN(C(=O)/C=C/c3cc(C)nc(C)n3)C2)c2cnc(-c3cccc(Cl)c3C3CC3)c(F)c2n1. The zero-order valence-electron chi connectivity index (χ0n) is 30.4. The van der Waals surface area contributed by atoms with Crippen LogP contribution in [0, 0.1) is 19.7 Å². The van der Waals surface area contributed by atoms with E-state index in [9.17, 15) is 9.18 Å². The summed E-state index contributed by atoms with van der Waals surface area (Å²) >= 11 is 6.53. The number of aryl methyl sites for hydroxylation is 2. The van der Waals surface area contributed by atoms with Crippen LogP contribution in [0.3, 0.4) is 0 Å². The van der Waals surface area contributed by atoms with Gasteiger partial charge in [-0.1, -0.05) is 23.7 Å². The van der Waals surface area contributed by atoms with Gasteiger partial charge < -0.3 is 14.5 Å². The van der Waals surface area contributed by atoms with Gasteiger partial charge in [0.05, 0.1) is 18.2 Å². The summed E-state index contributed by atoms with van der Waals surface area (Å²) in [4.78, 5) is 41.2. The minimum Gasteiger partial charge on any atom is -0.467 e. The molecule has 1 aromatic carbocycles. The quantitative estimate of drug-likeness (QED) is 0.184. The van der Waals surface area contributed by atoms with Crippen molar-refractivity contribution in [1.82, 2.24) is 34.7 Å². The summed E-state index contributed by atoms with van der Waals surface area (Å²) in [5.41, 5.74) is 3.72. The second-order valence-corrected chi connectivity index (χ2v) is 15.1. The number of likely N-dealkylation sites (tertiary alicyclic amines) is 1. The Morgan fingerprint density at radius 1 is 1.12 bits per heavy atom. The Morgan fingerprint density at radius 2 is 1.92 bits per heavy atom. The van der Waals surface area contributed by atoms with E-state index in [0.717, 1.165) is 43.5 Å². The number of methoxy groups -OCH3 is 1. The molecule has 8 rings (SSSR count). The Hall–Kier alpha value is -4.29. The van der Waals surface area contributed by atoms with Crippen molar-refractivity contribution in [1.29, 1.82) is 0 Å². The van der Waals surface area contributed by atoms with Gasteiger partial charge in [0.25, 0.3) is 0 Å². The minimum absolute atomic E-state index is 0.0502. The molecule has 3 aliphatic heterocycles. The van der Waals surface area contributed by atoms with Crippen LogP contribution in [0.25, 0.3) is 28.2 Å². The van der Waals surface area contributed by atoms with E-state index in [0.29, 0.717) is 58.9 Å². The smallest absolute Gasteiger partial charge is 0.318 e. The molecule has 4 aromatic rings. The number of hydrogen-bond acceptors (Lipinski definition) is 9. The standard InChI is InChI=1S/C31H31ClFN7O2.C8H14FN/c1-17-14-20(36-18(2)35-17)10-11-25(41)40-13-12-21(16-40)39(3)30-23-15-34-28(27(33)29(23)37-31(38-30)42-4)22-6-5-7-24(32)26(22)19-8-9-19;1-8-3-2-4-10(8)6-7(9)5-8/h5-7,10-11,14-15,19,21H,8-9,12-13,16H2,1-4H3;7H,2-6H2,1H3/b11-10+;. The van der Waals surface area contributed by atoms with Crippen LogP contribution in [-0.2, 0) is 4.79 Å². The van der Waals surface area contributed by atoms with Crippen LogP contribution in [0.1, 0.15) is 74.1 Å². The molecule has 13 heteroatoms. The van der Waals surface area contributed by atoms with Crippen LogP contribution in [0.15, 0.2) is 36.5 Å². The first-order valence-electron chi connectivity index (χ1n) is 18.0. The van der Waals surface area contributed by atoms with Gasteiger partial charge in [-0.25, -0.2) is 18.7 Å². The molecule has 3 atom stereocenters. The van der Waals surface area contributed by atoms with Gasteiger partial charge in [0.15, 0.2) is 5.82 Å². The number of amides is 1. The lowest BCUT2D eigenvalue weighted by Gasteiger charge is -2.27. The third-order valence-corrected chi connectivity index (χ3v) is 11.2. The first-order chi connectivity index (χ1) is 24.9. The number of carbonyl (C=O) groups is 1. The summed E-state index contributed by atoms with van der Waals surface area (Å²) < 4.78 is 34.4. The fraction of sp³-hybridized carbons (Fsp3) is 0.487. The highest BCUT2D eigenvalue weighted by Gasteiger charge is 2.44. The lowest BCUT2D eigenvalue weighted by atomic mass is 9.97. The number of halogens is 3. The second-order valence-electron chi connectivity index (χ2n) is 14.7. The molecule has 10 nitrogen and oxygen atoms in total. The normalized spacial score (nSPS) is 22.9. The second kappa shape index (κ2) is 14.6. The summed E-state index contributed by atoms with van der Waals surface area (Å²) in [6, 6.07) is 7.34. The maximum absolute atomic E-state index is 16.2. The van der Waals surface area contributed by atoms with Crippen molar-refractivity contribution in [2.75, 3.05) is 45.2 Å². The van der Waals surface area contributed by atoms with Crippen LogP contribution < -0.4 is 9.64 Å². The van der Waals surface area contributed by atoms with Crippen molar-refractivity contribution in [3.8, 4) is 17.3 Å². The molecule has 52 heavy (non-hydrogen) atoms. The van der Waals surface area contributed by atoms with Crippen molar-refractivity contribution >= 4 is 40.3 Å². The van der Waals surface area contributed by atoms with Crippen molar-refractivity contribution < 1.29 is 18.3 Å². The predicted molar refractivity (Wildman–Crippen MR) is 199 cm³/mol. The monoisotopic (exact) mass is 730 g/mol. The van der Waals surface area contributed by atoms with Gasteiger partial charge in [0, 0.05) is 66.8 Å². The number of fused-ring (bicyclic) bond motifs is 2. The van der Waals surface area contributed by atoms with Gasteiger partial charge in [0.1, 0.15) is 29.0 Å². The Morgan fingerprint density at radius 3 is 2.65 bits per heavy atom. The molecule has 0 radical (unpaired) electrons. The number of carbonyl (C=O) groups excluding carboxylic acids is 1. The van der Waals surface area contributed by atoms with E-state index in [1.165, 1.54) is 20.0 Å². The lowest BCUT2D eigenvalue weighted by molar-refractivity contribution is -0.124. The molecule has 0 spiro atoms. The highest BCUT2D eigenvalue weighted by atomic mass is 35.5. The summed E-state index contributed by atoms with van der Waals surface area (Å²) in [5, 5.41) is 1.09. The molecule has 4 aliphatic rings. The number of rotatable bonds is 7. The zero-order valence-corrected chi connectivity index (χ0v) is 31.1. The summed E-state index contributed by atoms with van der Waals surface area (Å²) in [6.45, 7) is 8.79. The molecule has 1 amide bonds. The molecule has 1 saturated carbocycles. The minimum atomic E-state index is -0.551. The largest absolute Gasteiger partial charge is 0.467 e. The number of pyridine rings is 1. The van der Waals surface area contributed by atoms with Gasteiger partial charge in [-0.2, -0.15) is 9.97 Å². The van der Waals surface area contributed by atoms with Crippen molar-refractivity contribution in [3.63, 3.8) is 0 Å². The highest BCUT2D eigenvalue weighted by Crippen LogP contribution is 2.48. The molecule has 4 fully saturated rings. The molecule has 3 aromatic heterocycles. The molecule has 0 bridgehead atoms. The van der Waals surface area contributed by atoms with E-state index in [1.807, 2.05) is 50.1 Å². The van der Waals surface area contributed by atoms with E-state index in [4.69, 9.17) is 16.3 Å². The molecule has 274 valence electrons. The van der Waals surface area contributed by atoms with Gasteiger partial charge >= 0.3 is 6.01 Å². The molecule has 3 saturated heterocycles. The number of ether oxygens (including phenoxy) is 1. The van der Waals surface area contributed by atoms with Crippen LogP contribution in [0.2, 0.25) is 5.02 Å². The van der Waals surface area contributed by atoms with Crippen LogP contribution in [0.4, 0.5) is 14.6 Å². The van der Waals surface area contributed by atoms with Crippen LogP contribution in [-0.4, -0.2) is 98.7 Å². The van der Waals surface area contributed by atoms with E-state index in [1.54, 1.807) is 23.2 Å². The van der Waals surface area contributed by atoms with E-state index in [-0.39, 0.29) is 34.7 Å². The van der Waals surface area contributed by atoms with Crippen molar-refractivity contribution in [3.05, 3.63) is 70.2 Å². The highest BCUT2D eigenvalue weighted by molar-refractivity contribution is 6.32. The fourth-order valence-electron chi connectivity index (χ4n) is 8.03. The Kier molecular flexibility index (Phi) is 10.1.